The summed E-state index contributed by atoms with van der Waals surface area (Å²) in [7, 11) is 0. The van der Waals surface area contributed by atoms with Crippen molar-refractivity contribution in [2.45, 2.75) is 45.2 Å². The van der Waals surface area contributed by atoms with Gasteiger partial charge in [0.25, 0.3) is 0 Å². The second-order valence-electron chi connectivity index (χ2n) is 5.41. The second kappa shape index (κ2) is 6.91. The normalized spacial score (nSPS) is 19.9. The van der Waals surface area contributed by atoms with E-state index in [9.17, 15) is 0 Å². The van der Waals surface area contributed by atoms with E-state index in [1.807, 2.05) is 0 Å². The summed E-state index contributed by atoms with van der Waals surface area (Å²) in [5, 5.41) is 3.77. The fraction of sp³-hybridized carbons (Fsp3) is 0.625. The summed E-state index contributed by atoms with van der Waals surface area (Å²) in [6.45, 7) is 8.32. The van der Waals surface area contributed by atoms with E-state index in [2.05, 4.69) is 54.4 Å². The van der Waals surface area contributed by atoms with Crippen molar-refractivity contribution in [2.24, 2.45) is 0 Å². The molecule has 0 amide bonds. The maximum atomic E-state index is 3.77. The summed E-state index contributed by atoms with van der Waals surface area (Å²) >= 11 is 0. The maximum Gasteiger partial charge on any atom is 0.0294 e. The average molecular weight is 246 g/mol. The lowest BCUT2D eigenvalue weighted by molar-refractivity contribution is 0.192. The van der Waals surface area contributed by atoms with Crippen LogP contribution < -0.4 is 5.32 Å². The van der Waals surface area contributed by atoms with Crippen LogP contribution in [-0.4, -0.2) is 30.6 Å². The maximum absolute atomic E-state index is 3.77. The Morgan fingerprint density at radius 3 is 2.50 bits per heavy atom. The van der Waals surface area contributed by atoms with Crippen LogP contribution in [-0.2, 0) is 0 Å². The Bertz CT molecular complexity index is 328. The highest BCUT2D eigenvalue weighted by atomic mass is 15.1. The molecule has 0 aliphatic carbocycles. The molecule has 18 heavy (non-hydrogen) atoms. The third-order valence-corrected chi connectivity index (χ3v) is 3.91. The summed E-state index contributed by atoms with van der Waals surface area (Å²) in [6.07, 6.45) is 3.85. The van der Waals surface area contributed by atoms with Crippen LogP contribution >= 0.6 is 0 Å². The first-order chi connectivity index (χ1) is 8.79. The number of nitrogens with one attached hydrogen (secondary N) is 1. The molecule has 0 saturated carbocycles. The fourth-order valence-electron chi connectivity index (χ4n) is 2.83. The smallest absolute Gasteiger partial charge is 0.0294 e. The van der Waals surface area contributed by atoms with E-state index >= 15 is 0 Å². The Labute approximate surface area is 111 Å². The molecule has 0 radical (unpaired) electrons. The molecule has 1 aromatic rings. The molecule has 1 aromatic carbocycles. The lowest BCUT2D eigenvalue weighted by atomic mass is 10.0. The standard InChI is InChI=1S/C16H26N2/c1-3-11-18-12-9-16(10-13-18)17-14(2)15-7-5-4-6-8-15/h4-8,14,16-17H,3,9-13H2,1-2H3/t14-/m0/s1. The topological polar surface area (TPSA) is 15.3 Å². The Morgan fingerprint density at radius 2 is 1.89 bits per heavy atom. The first-order valence-electron chi connectivity index (χ1n) is 7.33. The highest BCUT2D eigenvalue weighted by Crippen LogP contribution is 2.17. The molecule has 0 bridgehead atoms. The lowest BCUT2D eigenvalue weighted by Crippen LogP contribution is -2.43. The van der Waals surface area contributed by atoms with E-state index < -0.39 is 0 Å². The van der Waals surface area contributed by atoms with E-state index in [4.69, 9.17) is 0 Å². The molecular formula is C16H26N2. The van der Waals surface area contributed by atoms with E-state index in [1.165, 1.54) is 44.5 Å². The van der Waals surface area contributed by atoms with Gasteiger partial charge < -0.3 is 10.2 Å². The predicted molar refractivity (Wildman–Crippen MR) is 77.7 cm³/mol. The minimum Gasteiger partial charge on any atom is -0.307 e. The molecule has 1 atom stereocenters. The van der Waals surface area contributed by atoms with Gasteiger partial charge in [0.05, 0.1) is 0 Å². The Kier molecular flexibility index (Phi) is 5.21. The molecule has 2 heteroatoms. The van der Waals surface area contributed by atoms with Gasteiger partial charge in [-0.25, -0.2) is 0 Å². The number of likely N-dealkylation sites (tertiary alicyclic amines) is 1. The van der Waals surface area contributed by atoms with Gasteiger partial charge in [-0.1, -0.05) is 37.3 Å². The van der Waals surface area contributed by atoms with Crippen molar-refractivity contribution < 1.29 is 0 Å². The van der Waals surface area contributed by atoms with Crippen LogP contribution in [0.25, 0.3) is 0 Å². The zero-order valence-electron chi connectivity index (χ0n) is 11.7. The average Bonchev–Trinajstić information content (AvgIpc) is 2.42. The van der Waals surface area contributed by atoms with Crippen molar-refractivity contribution in [3.8, 4) is 0 Å². The molecule has 0 unspecified atom stereocenters. The summed E-state index contributed by atoms with van der Waals surface area (Å²) in [4.78, 5) is 2.59. The molecule has 1 aliphatic rings. The lowest BCUT2D eigenvalue weighted by Gasteiger charge is -2.33. The molecule has 0 spiro atoms. The number of piperidine rings is 1. The highest BCUT2D eigenvalue weighted by molar-refractivity contribution is 5.18. The molecular weight excluding hydrogens is 220 g/mol. The number of benzene rings is 1. The first-order valence-corrected chi connectivity index (χ1v) is 7.33. The fourth-order valence-corrected chi connectivity index (χ4v) is 2.83. The molecule has 1 N–H and O–H groups in total. The molecule has 1 aliphatic heterocycles. The molecule has 1 fully saturated rings. The predicted octanol–water partition coefficient (Wildman–Crippen LogP) is 3.21. The largest absolute Gasteiger partial charge is 0.307 e. The minimum atomic E-state index is 0.467. The molecule has 1 heterocycles. The second-order valence-corrected chi connectivity index (χ2v) is 5.41. The molecule has 2 rings (SSSR count). The van der Waals surface area contributed by atoms with Gasteiger partial charge in [0.15, 0.2) is 0 Å². The molecule has 2 nitrogen and oxygen atoms in total. The van der Waals surface area contributed by atoms with Crippen LogP contribution in [0.1, 0.15) is 44.7 Å². The monoisotopic (exact) mass is 246 g/mol. The van der Waals surface area contributed by atoms with Crippen LogP contribution in [0.15, 0.2) is 30.3 Å². The van der Waals surface area contributed by atoms with E-state index in [-0.39, 0.29) is 0 Å². The van der Waals surface area contributed by atoms with Crippen LogP contribution in [0.2, 0.25) is 0 Å². The number of hydrogen-bond acceptors (Lipinski definition) is 2. The van der Waals surface area contributed by atoms with Crippen LogP contribution in [0.3, 0.4) is 0 Å². The third-order valence-electron chi connectivity index (χ3n) is 3.91. The van der Waals surface area contributed by atoms with Crippen molar-refractivity contribution >= 4 is 0 Å². The highest BCUT2D eigenvalue weighted by Gasteiger charge is 2.19. The van der Waals surface area contributed by atoms with Crippen molar-refractivity contribution in [3.05, 3.63) is 35.9 Å². The minimum absolute atomic E-state index is 0.467. The third kappa shape index (κ3) is 3.82. The Morgan fingerprint density at radius 1 is 1.22 bits per heavy atom. The van der Waals surface area contributed by atoms with Gasteiger partial charge in [0.2, 0.25) is 0 Å². The molecule has 100 valence electrons. The van der Waals surface area contributed by atoms with Gasteiger partial charge in [-0.05, 0) is 51.4 Å². The summed E-state index contributed by atoms with van der Waals surface area (Å²) < 4.78 is 0. The van der Waals surface area contributed by atoms with Gasteiger partial charge in [-0.15, -0.1) is 0 Å². The Hall–Kier alpha value is -0.860. The summed E-state index contributed by atoms with van der Waals surface area (Å²) in [6, 6.07) is 11.9. The summed E-state index contributed by atoms with van der Waals surface area (Å²) in [5.74, 6) is 0. The summed E-state index contributed by atoms with van der Waals surface area (Å²) in [5.41, 5.74) is 1.40. The SMILES string of the molecule is CCCN1CCC(N[C@@H](C)c2ccccc2)CC1. The van der Waals surface area contributed by atoms with E-state index in [0.29, 0.717) is 12.1 Å². The van der Waals surface area contributed by atoms with Crippen LogP contribution in [0.5, 0.6) is 0 Å². The zero-order valence-corrected chi connectivity index (χ0v) is 11.7. The quantitative estimate of drug-likeness (QED) is 0.858. The van der Waals surface area contributed by atoms with E-state index in [0.717, 1.165) is 0 Å². The number of nitrogens with zero attached hydrogens (tertiary/aromatic N) is 1. The molecule has 1 saturated heterocycles. The van der Waals surface area contributed by atoms with Crippen molar-refractivity contribution in [2.75, 3.05) is 19.6 Å². The zero-order chi connectivity index (χ0) is 12.8. The van der Waals surface area contributed by atoms with E-state index in [1.54, 1.807) is 0 Å². The number of hydrogen-bond donors (Lipinski definition) is 1. The van der Waals surface area contributed by atoms with Gasteiger partial charge in [-0.3, -0.25) is 0 Å². The first kappa shape index (κ1) is 13.6. The molecule has 0 aromatic heterocycles. The van der Waals surface area contributed by atoms with Gasteiger partial charge in [0, 0.05) is 12.1 Å². The van der Waals surface area contributed by atoms with Crippen molar-refractivity contribution in [3.63, 3.8) is 0 Å². The van der Waals surface area contributed by atoms with Crippen LogP contribution in [0.4, 0.5) is 0 Å². The van der Waals surface area contributed by atoms with Gasteiger partial charge in [0.1, 0.15) is 0 Å². The van der Waals surface area contributed by atoms with Crippen molar-refractivity contribution in [1.82, 2.24) is 10.2 Å². The number of rotatable bonds is 5. The van der Waals surface area contributed by atoms with Gasteiger partial charge in [-0.2, -0.15) is 0 Å². The van der Waals surface area contributed by atoms with Crippen LogP contribution in [0, 0.1) is 0 Å². The van der Waals surface area contributed by atoms with Crippen molar-refractivity contribution in [1.29, 1.82) is 0 Å². The van der Waals surface area contributed by atoms with Gasteiger partial charge >= 0.3 is 0 Å². The Balaban J connectivity index is 1.78.